The first-order chi connectivity index (χ1) is 14.5. The molecule has 0 aliphatic carbocycles. The molecule has 2 amide bonds. The van der Waals surface area contributed by atoms with Crippen LogP contribution in [-0.4, -0.2) is 51.5 Å². The van der Waals surface area contributed by atoms with Crippen molar-refractivity contribution in [2.45, 2.75) is 39.0 Å². The van der Waals surface area contributed by atoms with Gasteiger partial charge in [-0.15, -0.1) is 0 Å². The number of alkyl carbamates (subject to hydrolysis) is 1. The van der Waals surface area contributed by atoms with E-state index < -0.39 is 46.8 Å². The second-order valence-electron chi connectivity index (χ2n) is 7.57. The van der Waals surface area contributed by atoms with E-state index in [0.29, 0.717) is 5.56 Å². The molecule has 0 aliphatic rings. The zero-order valence-electron chi connectivity index (χ0n) is 17.6. The van der Waals surface area contributed by atoms with Gasteiger partial charge in [0.1, 0.15) is 17.5 Å². The highest BCUT2D eigenvalue weighted by molar-refractivity contribution is 5.95. The lowest BCUT2D eigenvalue weighted by molar-refractivity contribution is 0.0463. The van der Waals surface area contributed by atoms with Crippen molar-refractivity contribution in [3.05, 3.63) is 47.2 Å². The minimum absolute atomic E-state index is 0.0241. The monoisotopic (exact) mass is 436 g/mol. The van der Waals surface area contributed by atoms with Crippen molar-refractivity contribution < 1.29 is 33.7 Å². The molecule has 168 valence electrons. The summed E-state index contributed by atoms with van der Waals surface area (Å²) in [6.07, 6.45) is -0.784. The Balaban J connectivity index is 2.22. The zero-order valence-corrected chi connectivity index (χ0v) is 17.6. The molecule has 2 aromatic rings. The summed E-state index contributed by atoms with van der Waals surface area (Å²) in [6.45, 7) is 4.98. The Morgan fingerprint density at radius 1 is 1.16 bits per heavy atom. The van der Waals surface area contributed by atoms with Gasteiger partial charge in [0, 0.05) is 13.7 Å². The van der Waals surface area contributed by atoms with E-state index in [1.807, 2.05) is 0 Å². The van der Waals surface area contributed by atoms with Crippen molar-refractivity contribution in [1.82, 2.24) is 20.6 Å². The van der Waals surface area contributed by atoms with Crippen molar-refractivity contribution in [3.8, 4) is 11.6 Å². The molecule has 4 N–H and O–H groups in total. The number of hydrogen-bond donors (Lipinski definition) is 4. The van der Waals surface area contributed by atoms with Crippen LogP contribution in [0.25, 0.3) is 0 Å². The van der Waals surface area contributed by atoms with Crippen molar-refractivity contribution in [2.75, 3.05) is 13.7 Å². The summed E-state index contributed by atoms with van der Waals surface area (Å²) in [5, 5.41) is 25.0. The summed E-state index contributed by atoms with van der Waals surface area (Å²) in [5.41, 5.74) is -0.654. The van der Waals surface area contributed by atoms with Crippen LogP contribution < -0.4 is 10.6 Å². The van der Waals surface area contributed by atoms with Crippen LogP contribution in [0, 0.1) is 5.82 Å². The number of aromatic nitrogens is 2. The van der Waals surface area contributed by atoms with Gasteiger partial charge in [0.2, 0.25) is 5.75 Å². The highest BCUT2D eigenvalue weighted by Crippen LogP contribution is 2.27. The van der Waals surface area contributed by atoms with Gasteiger partial charge in [0.25, 0.3) is 11.8 Å². The van der Waals surface area contributed by atoms with Gasteiger partial charge >= 0.3 is 6.09 Å². The number of nitrogens with zero attached hydrogens (tertiary/aromatic N) is 2. The molecule has 1 aromatic carbocycles. The largest absolute Gasteiger partial charge is 0.501 e. The summed E-state index contributed by atoms with van der Waals surface area (Å²) in [6, 6.07) is 4.47. The molecular formula is C20H25FN4O6. The Bertz CT molecular complexity index is 931. The maximum Gasteiger partial charge on any atom is 0.408 e. The van der Waals surface area contributed by atoms with Crippen LogP contribution in [0.15, 0.2) is 24.3 Å². The van der Waals surface area contributed by atoms with Gasteiger partial charge in [-0.1, -0.05) is 12.1 Å². The summed E-state index contributed by atoms with van der Waals surface area (Å²) in [4.78, 5) is 32.3. The predicted molar refractivity (Wildman–Crippen MR) is 107 cm³/mol. The Labute approximate surface area is 178 Å². The number of methoxy groups -OCH3 is 1. The minimum Gasteiger partial charge on any atom is -0.501 e. The molecule has 1 unspecified atom stereocenters. The summed E-state index contributed by atoms with van der Waals surface area (Å²) in [5.74, 6) is -3.07. The van der Waals surface area contributed by atoms with Crippen molar-refractivity contribution in [2.24, 2.45) is 0 Å². The topological polar surface area (TPSA) is 143 Å². The molecule has 2 rings (SSSR count). The SMILES string of the molecule is COCC(NC(=O)OC(C)(C)C)c1nc(O)c(O)c(C(=O)NCc2ccc(F)cc2)n1. The number of carbonyl (C=O) groups is 2. The van der Waals surface area contributed by atoms with Crippen LogP contribution in [0.5, 0.6) is 11.6 Å². The molecule has 0 spiro atoms. The first-order valence-electron chi connectivity index (χ1n) is 9.31. The number of aromatic hydroxyl groups is 2. The molecule has 0 saturated heterocycles. The second-order valence-corrected chi connectivity index (χ2v) is 7.57. The standard InChI is InChI=1S/C20H25FN4O6/c1-20(2,3)31-19(29)23-13(10-30-4)16-24-14(15(26)18(28)25-16)17(27)22-9-11-5-7-12(21)8-6-11/h5-8,13,26H,9-10H2,1-4H3,(H,22,27)(H,23,29)(H,24,25,28). The fraction of sp³-hybridized carbons (Fsp3) is 0.400. The fourth-order valence-electron chi connectivity index (χ4n) is 2.44. The average Bonchev–Trinajstić information content (AvgIpc) is 2.67. The third-order valence-electron chi connectivity index (χ3n) is 3.80. The third-order valence-corrected chi connectivity index (χ3v) is 3.80. The first-order valence-corrected chi connectivity index (χ1v) is 9.31. The number of amides is 2. The van der Waals surface area contributed by atoms with Gasteiger partial charge in [-0.2, -0.15) is 4.98 Å². The minimum atomic E-state index is -0.977. The molecule has 1 atom stereocenters. The molecule has 10 nitrogen and oxygen atoms in total. The molecule has 0 radical (unpaired) electrons. The maximum absolute atomic E-state index is 13.0. The van der Waals surface area contributed by atoms with Gasteiger partial charge in [-0.25, -0.2) is 14.2 Å². The van der Waals surface area contributed by atoms with Crippen LogP contribution >= 0.6 is 0 Å². The van der Waals surface area contributed by atoms with Gasteiger partial charge in [0.15, 0.2) is 11.5 Å². The lowest BCUT2D eigenvalue weighted by atomic mass is 10.2. The Morgan fingerprint density at radius 3 is 2.39 bits per heavy atom. The molecule has 0 fully saturated rings. The number of hydrogen-bond acceptors (Lipinski definition) is 8. The van der Waals surface area contributed by atoms with Crippen molar-refractivity contribution >= 4 is 12.0 Å². The normalized spacial score (nSPS) is 12.2. The van der Waals surface area contributed by atoms with E-state index in [1.54, 1.807) is 20.8 Å². The quantitative estimate of drug-likeness (QED) is 0.517. The highest BCUT2D eigenvalue weighted by Gasteiger charge is 2.26. The molecule has 1 heterocycles. The van der Waals surface area contributed by atoms with E-state index >= 15 is 0 Å². The zero-order chi connectivity index (χ0) is 23.2. The van der Waals surface area contributed by atoms with Crippen molar-refractivity contribution in [1.29, 1.82) is 0 Å². The number of ether oxygens (including phenoxy) is 2. The lowest BCUT2D eigenvalue weighted by Crippen LogP contribution is -2.37. The van der Waals surface area contributed by atoms with E-state index in [-0.39, 0.29) is 19.0 Å². The van der Waals surface area contributed by atoms with Crippen LogP contribution in [-0.2, 0) is 16.0 Å². The van der Waals surface area contributed by atoms with Crippen LogP contribution in [0.2, 0.25) is 0 Å². The smallest absolute Gasteiger partial charge is 0.408 e. The number of rotatable bonds is 7. The molecule has 11 heteroatoms. The molecule has 31 heavy (non-hydrogen) atoms. The number of nitrogens with one attached hydrogen (secondary N) is 2. The second kappa shape index (κ2) is 10.0. The Hall–Kier alpha value is -3.47. The van der Waals surface area contributed by atoms with Gasteiger partial charge in [-0.3, -0.25) is 4.79 Å². The third kappa shape index (κ3) is 7.07. The predicted octanol–water partition coefficient (Wildman–Crippen LogP) is 2.17. The van der Waals surface area contributed by atoms with Crippen LogP contribution in [0.1, 0.15) is 48.7 Å². The van der Waals surface area contributed by atoms with E-state index in [4.69, 9.17) is 9.47 Å². The van der Waals surface area contributed by atoms with Gasteiger partial charge in [0.05, 0.1) is 6.61 Å². The van der Waals surface area contributed by atoms with E-state index in [2.05, 4.69) is 20.6 Å². The van der Waals surface area contributed by atoms with Gasteiger partial charge in [-0.05, 0) is 38.5 Å². The number of halogens is 1. The van der Waals surface area contributed by atoms with E-state index in [9.17, 15) is 24.2 Å². The van der Waals surface area contributed by atoms with Crippen LogP contribution in [0.4, 0.5) is 9.18 Å². The summed E-state index contributed by atoms with van der Waals surface area (Å²) >= 11 is 0. The molecule has 0 aliphatic heterocycles. The van der Waals surface area contributed by atoms with Crippen molar-refractivity contribution in [3.63, 3.8) is 0 Å². The Morgan fingerprint density at radius 2 is 1.81 bits per heavy atom. The molecule has 0 saturated carbocycles. The fourth-order valence-corrected chi connectivity index (χ4v) is 2.44. The highest BCUT2D eigenvalue weighted by atomic mass is 19.1. The molecule has 0 bridgehead atoms. The summed E-state index contributed by atoms with van der Waals surface area (Å²) in [7, 11) is 1.38. The maximum atomic E-state index is 13.0. The van der Waals surface area contributed by atoms with E-state index in [0.717, 1.165) is 0 Å². The number of carbonyl (C=O) groups excluding carboxylic acids is 2. The molecular weight excluding hydrogens is 411 g/mol. The summed E-state index contributed by atoms with van der Waals surface area (Å²) < 4.78 is 23.2. The van der Waals surface area contributed by atoms with Crippen LogP contribution in [0.3, 0.4) is 0 Å². The Kier molecular flexibility index (Phi) is 7.70. The molecule has 1 aromatic heterocycles. The lowest BCUT2D eigenvalue weighted by Gasteiger charge is -2.23. The number of benzene rings is 1. The average molecular weight is 436 g/mol. The van der Waals surface area contributed by atoms with E-state index in [1.165, 1.54) is 31.4 Å². The van der Waals surface area contributed by atoms with Gasteiger partial charge < -0.3 is 30.3 Å². The first kappa shape index (κ1) is 23.8.